The highest BCUT2D eigenvalue weighted by Crippen LogP contribution is 2.27. The number of hydrogen-bond acceptors (Lipinski definition) is 5. The SMILES string of the molecule is CNC(=O)c1cnc(C=Cc2cc(C)c(OCc3ccccn3)c(C)c2)s1. The predicted molar refractivity (Wildman–Crippen MR) is 109 cm³/mol. The van der Waals surface area contributed by atoms with Gasteiger partial charge in [0.25, 0.3) is 5.91 Å². The molecule has 2 aromatic heterocycles. The maximum atomic E-state index is 11.6. The maximum Gasteiger partial charge on any atom is 0.262 e. The summed E-state index contributed by atoms with van der Waals surface area (Å²) in [6, 6.07) is 9.94. The van der Waals surface area contributed by atoms with Gasteiger partial charge in [0.1, 0.15) is 22.2 Å². The predicted octanol–water partition coefficient (Wildman–Crippen LogP) is 4.26. The van der Waals surface area contributed by atoms with Gasteiger partial charge in [-0.2, -0.15) is 0 Å². The number of aromatic nitrogens is 2. The van der Waals surface area contributed by atoms with Gasteiger partial charge < -0.3 is 10.1 Å². The third-order valence-electron chi connectivity index (χ3n) is 3.97. The van der Waals surface area contributed by atoms with Crippen molar-refractivity contribution in [3.8, 4) is 5.75 Å². The molecule has 0 aliphatic heterocycles. The lowest BCUT2D eigenvalue weighted by molar-refractivity contribution is 0.0967. The maximum absolute atomic E-state index is 11.6. The molecule has 0 aliphatic rings. The lowest BCUT2D eigenvalue weighted by Gasteiger charge is -2.13. The third-order valence-corrected chi connectivity index (χ3v) is 4.93. The molecule has 0 fully saturated rings. The van der Waals surface area contributed by atoms with Gasteiger partial charge in [-0.05, 0) is 60.9 Å². The normalized spacial score (nSPS) is 10.9. The third kappa shape index (κ3) is 4.80. The van der Waals surface area contributed by atoms with Crippen LogP contribution < -0.4 is 10.1 Å². The van der Waals surface area contributed by atoms with Crippen LogP contribution in [-0.4, -0.2) is 22.9 Å². The Hall–Kier alpha value is -2.99. The van der Waals surface area contributed by atoms with Crippen LogP contribution in [0.25, 0.3) is 12.2 Å². The molecule has 5 nitrogen and oxygen atoms in total. The standard InChI is InChI=1S/C21H21N3O2S/c1-14-10-16(7-8-19-24-12-18(27-19)21(25)22-3)11-15(2)20(14)26-13-17-6-4-5-9-23-17/h4-12H,13H2,1-3H3,(H,22,25). The summed E-state index contributed by atoms with van der Waals surface area (Å²) < 4.78 is 5.97. The Morgan fingerprint density at radius 2 is 1.96 bits per heavy atom. The van der Waals surface area contributed by atoms with E-state index >= 15 is 0 Å². The number of carbonyl (C=O) groups is 1. The number of nitrogens with zero attached hydrogens (tertiary/aromatic N) is 2. The summed E-state index contributed by atoms with van der Waals surface area (Å²) in [7, 11) is 1.61. The van der Waals surface area contributed by atoms with E-state index in [0.717, 1.165) is 33.1 Å². The second-order valence-corrected chi connectivity index (χ2v) is 7.13. The summed E-state index contributed by atoms with van der Waals surface area (Å²) in [6.45, 7) is 4.51. The number of rotatable bonds is 6. The molecule has 3 rings (SSSR count). The number of benzene rings is 1. The molecule has 0 spiro atoms. The summed E-state index contributed by atoms with van der Waals surface area (Å²) >= 11 is 1.36. The number of hydrogen-bond donors (Lipinski definition) is 1. The van der Waals surface area contributed by atoms with Gasteiger partial charge in [0.15, 0.2) is 0 Å². The summed E-state index contributed by atoms with van der Waals surface area (Å²) in [5, 5.41) is 3.39. The fourth-order valence-corrected chi connectivity index (χ4v) is 3.46. The second-order valence-electron chi connectivity index (χ2n) is 6.07. The molecule has 0 radical (unpaired) electrons. The number of nitrogens with one attached hydrogen (secondary N) is 1. The van der Waals surface area contributed by atoms with Gasteiger partial charge in [-0.15, -0.1) is 11.3 Å². The van der Waals surface area contributed by atoms with Gasteiger partial charge >= 0.3 is 0 Å². The first-order valence-corrected chi connectivity index (χ1v) is 9.38. The average Bonchev–Trinajstić information content (AvgIpc) is 3.15. The molecular weight excluding hydrogens is 358 g/mol. The van der Waals surface area contributed by atoms with E-state index in [9.17, 15) is 4.79 Å². The first-order valence-electron chi connectivity index (χ1n) is 8.57. The zero-order chi connectivity index (χ0) is 19.2. The van der Waals surface area contributed by atoms with Crippen molar-refractivity contribution in [2.45, 2.75) is 20.5 Å². The van der Waals surface area contributed by atoms with E-state index in [1.54, 1.807) is 19.4 Å². The highest BCUT2D eigenvalue weighted by molar-refractivity contribution is 7.14. The van der Waals surface area contributed by atoms with Gasteiger partial charge in [0.2, 0.25) is 0 Å². The molecule has 1 N–H and O–H groups in total. The van der Waals surface area contributed by atoms with Gasteiger partial charge in [0, 0.05) is 13.2 Å². The highest BCUT2D eigenvalue weighted by atomic mass is 32.1. The molecule has 2 heterocycles. The molecule has 0 saturated carbocycles. The van der Waals surface area contributed by atoms with Crippen LogP contribution in [0.15, 0.2) is 42.7 Å². The summed E-state index contributed by atoms with van der Waals surface area (Å²) in [6.07, 6.45) is 7.27. The minimum Gasteiger partial charge on any atom is -0.487 e. The van der Waals surface area contributed by atoms with Crippen molar-refractivity contribution in [2.24, 2.45) is 0 Å². The Morgan fingerprint density at radius 1 is 1.19 bits per heavy atom. The average molecular weight is 379 g/mol. The number of pyridine rings is 1. The molecule has 3 aromatic rings. The number of ether oxygens (including phenoxy) is 1. The first-order chi connectivity index (χ1) is 13.1. The van der Waals surface area contributed by atoms with Crippen molar-refractivity contribution in [3.05, 3.63) is 75.0 Å². The molecule has 0 unspecified atom stereocenters. The Balaban J connectivity index is 1.72. The fraction of sp³-hybridized carbons (Fsp3) is 0.190. The Kier molecular flexibility index (Phi) is 5.98. The number of thiazole rings is 1. The van der Waals surface area contributed by atoms with E-state index in [4.69, 9.17) is 4.74 Å². The lowest BCUT2D eigenvalue weighted by Crippen LogP contribution is -2.16. The van der Waals surface area contributed by atoms with E-state index in [0.29, 0.717) is 11.5 Å². The zero-order valence-corrected chi connectivity index (χ0v) is 16.3. The molecule has 0 aliphatic carbocycles. The number of amides is 1. The molecule has 1 amide bonds. The molecule has 138 valence electrons. The van der Waals surface area contributed by atoms with E-state index < -0.39 is 0 Å². The van der Waals surface area contributed by atoms with Crippen LogP contribution in [-0.2, 0) is 6.61 Å². The minimum atomic E-state index is -0.117. The smallest absolute Gasteiger partial charge is 0.262 e. The molecule has 6 heteroatoms. The van der Waals surface area contributed by atoms with Crippen molar-refractivity contribution in [2.75, 3.05) is 7.05 Å². The van der Waals surface area contributed by atoms with Crippen LogP contribution in [0.3, 0.4) is 0 Å². The van der Waals surface area contributed by atoms with Crippen LogP contribution in [0.1, 0.15) is 37.1 Å². The highest BCUT2D eigenvalue weighted by Gasteiger charge is 2.08. The molecule has 27 heavy (non-hydrogen) atoms. The largest absolute Gasteiger partial charge is 0.487 e. The molecular formula is C21H21N3O2S. The second kappa shape index (κ2) is 8.60. The summed E-state index contributed by atoms with van der Waals surface area (Å²) in [5.74, 6) is 0.766. The lowest BCUT2D eigenvalue weighted by atomic mass is 10.1. The monoisotopic (exact) mass is 379 g/mol. The number of carbonyl (C=O) groups excluding carboxylic acids is 1. The van der Waals surface area contributed by atoms with Gasteiger partial charge in [-0.3, -0.25) is 9.78 Å². The molecule has 0 saturated heterocycles. The first kappa shape index (κ1) is 18.8. The van der Waals surface area contributed by atoms with Gasteiger partial charge in [0.05, 0.1) is 11.9 Å². The molecule has 0 bridgehead atoms. The number of aryl methyl sites for hydroxylation is 2. The zero-order valence-electron chi connectivity index (χ0n) is 15.5. The van der Waals surface area contributed by atoms with Crippen LogP contribution in [0.4, 0.5) is 0 Å². The van der Waals surface area contributed by atoms with E-state index in [2.05, 4.69) is 27.4 Å². The van der Waals surface area contributed by atoms with Crippen molar-refractivity contribution in [1.82, 2.24) is 15.3 Å². The molecule has 1 aromatic carbocycles. The van der Waals surface area contributed by atoms with E-state index in [-0.39, 0.29) is 5.91 Å². The van der Waals surface area contributed by atoms with Gasteiger partial charge in [-0.25, -0.2) is 4.98 Å². The Labute approximate surface area is 162 Å². The van der Waals surface area contributed by atoms with E-state index in [1.807, 2.05) is 44.2 Å². The van der Waals surface area contributed by atoms with Crippen LogP contribution >= 0.6 is 11.3 Å². The summed E-state index contributed by atoms with van der Waals surface area (Å²) in [4.78, 5) is 20.8. The van der Waals surface area contributed by atoms with Crippen LogP contribution in [0.5, 0.6) is 5.75 Å². The fourth-order valence-electron chi connectivity index (χ4n) is 2.70. The van der Waals surface area contributed by atoms with Crippen molar-refractivity contribution >= 4 is 29.4 Å². The quantitative estimate of drug-likeness (QED) is 0.695. The Morgan fingerprint density at radius 3 is 2.63 bits per heavy atom. The topological polar surface area (TPSA) is 64.1 Å². The minimum absolute atomic E-state index is 0.117. The molecule has 0 atom stereocenters. The summed E-state index contributed by atoms with van der Waals surface area (Å²) in [5.41, 5.74) is 4.09. The Bertz CT molecular complexity index is 942. The van der Waals surface area contributed by atoms with E-state index in [1.165, 1.54) is 11.3 Å². The van der Waals surface area contributed by atoms with Crippen molar-refractivity contribution in [3.63, 3.8) is 0 Å². The van der Waals surface area contributed by atoms with Crippen LogP contribution in [0.2, 0.25) is 0 Å². The van der Waals surface area contributed by atoms with Crippen LogP contribution in [0, 0.1) is 13.8 Å². The van der Waals surface area contributed by atoms with Crippen molar-refractivity contribution in [1.29, 1.82) is 0 Å². The van der Waals surface area contributed by atoms with Crippen molar-refractivity contribution < 1.29 is 9.53 Å². The van der Waals surface area contributed by atoms with Gasteiger partial charge in [-0.1, -0.05) is 12.1 Å².